The third-order valence-corrected chi connectivity index (χ3v) is 5.61. The quantitative estimate of drug-likeness (QED) is 0.438. The summed E-state index contributed by atoms with van der Waals surface area (Å²) in [7, 11) is 0. The Morgan fingerprint density at radius 2 is 1.71 bits per heavy atom. The number of oxazole rings is 1. The lowest BCUT2D eigenvalue weighted by Gasteiger charge is -2.14. The van der Waals surface area contributed by atoms with E-state index in [4.69, 9.17) is 14.3 Å². The molecule has 0 unspecified atom stereocenters. The number of benzene rings is 2. The summed E-state index contributed by atoms with van der Waals surface area (Å²) < 4.78 is 10.4. The van der Waals surface area contributed by atoms with Crippen LogP contribution in [0.3, 0.4) is 0 Å². The highest BCUT2D eigenvalue weighted by Crippen LogP contribution is 2.44. The summed E-state index contributed by atoms with van der Waals surface area (Å²) >= 11 is 0. The highest BCUT2D eigenvalue weighted by molar-refractivity contribution is 5.93. The number of carboxylic acids is 1. The van der Waals surface area contributed by atoms with Crippen LogP contribution in [-0.2, 0) is 16.1 Å². The summed E-state index contributed by atoms with van der Waals surface area (Å²) in [5.74, 6) is -1.65. The predicted molar refractivity (Wildman–Crippen MR) is 122 cm³/mol. The van der Waals surface area contributed by atoms with Crippen LogP contribution in [0.5, 0.6) is 0 Å². The van der Waals surface area contributed by atoms with Gasteiger partial charge in [-0.3, -0.25) is 4.79 Å². The van der Waals surface area contributed by atoms with Gasteiger partial charge in [-0.05, 0) is 29.2 Å². The molecule has 9 heteroatoms. The number of alkyl carbamates (subject to hydrolysis) is 1. The molecule has 0 saturated heterocycles. The van der Waals surface area contributed by atoms with E-state index >= 15 is 0 Å². The molecule has 3 aromatic rings. The number of rotatable bonds is 8. The Bertz CT molecular complexity index is 1220. The van der Waals surface area contributed by atoms with Gasteiger partial charge in [0.25, 0.3) is 0 Å². The van der Waals surface area contributed by atoms with E-state index in [1.165, 1.54) is 6.08 Å². The van der Waals surface area contributed by atoms with Crippen LogP contribution in [-0.4, -0.2) is 41.2 Å². The molecule has 0 aliphatic heterocycles. The van der Waals surface area contributed by atoms with Gasteiger partial charge >= 0.3 is 12.1 Å². The maximum atomic E-state index is 12.2. The second-order valence-corrected chi connectivity index (χ2v) is 7.71. The van der Waals surface area contributed by atoms with E-state index < -0.39 is 18.0 Å². The Balaban J connectivity index is 1.26. The smallest absolute Gasteiger partial charge is 0.407 e. The van der Waals surface area contributed by atoms with Crippen LogP contribution in [0, 0.1) is 0 Å². The van der Waals surface area contributed by atoms with Crippen molar-refractivity contribution in [3.63, 3.8) is 0 Å². The highest BCUT2D eigenvalue weighted by atomic mass is 16.5. The van der Waals surface area contributed by atoms with Gasteiger partial charge in [0, 0.05) is 18.0 Å². The Morgan fingerprint density at radius 1 is 1.06 bits per heavy atom. The van der Waals surface area contributed by atoms with Crippen LogP contribution in [0.2, 0.25) is 0 Å². The number of ether oxygens (including phenoxy) is 1. The second-order valence-electron chi connectivity index (χ2n) is 7.71. The van der Waals surface area contributed by atoms with Gasteiger partial charge in [-0.2, -0.15) is 0 Å². The summed E-state index contributed by atoms with van der Waals surface area (Å²) in [5, 5.41) is 14.2. The van der Waals surface area contributed by atoms with Crippen molar-refractivity contribution in [2.75, 3.05) is 13.2 Å². The lowest BCUT2D eigenvalue weighted by atomic mass is 9.98. The third kappa shape index (κ3) is 4.83. The van der Waals surface area contributed by atoms with Crippen LogP contribution < -0.4 is 10.6 Å². The fourth-order valence-corrected chi connectivity index (χ4v) is 3.90. The molecule has 0 radical (unpaired) electrons. The zero-order valence-electron chi connectivity index (χ0n) is 18.4. The van der Waals surface area contributed by atoms with Crippen molar-refractivity contribution >= 4 is 18.0 Å². The number of nitrogens with one attached hydrogen (secondary N) is 2. The third-order valence-electron chi connectivity index (χ3n) is 5.61. The normalized spacial score (nSPS) is 12.6. The molecule has 4 rings (SSSR count). The van der Waals surface area contributed by atoms with Gasteiger partial charge in [0.2, 0.25) is 5.91 Å². The molecule has 1 aromatic heterocycles. The highest BCUT2D eigenvalue weighted by Gasteiger charge is 2.28. The van der Waals surface area contributed by atoms with E-state index in [1.54, 1.807) is 6.92 Å². The van der Waals surface area contributed by atoms with E-state index in [0.717, 1.165) is 28.6 Å². The second kappa shape index (κ2) is 10.0. The van der Waals surface area contributed by atoms with Crippen molar-refractivity contribution < 1.29 is 28.6 Å². The number of carboxylic acid groups (broad SMARTS) is 1. The summed E-state index contributed by atoms with van der Waals surface area (Å²) in [6.45, 7) is 1.75. The first-order valence-electron chi connectivity index (χ1n) is 10.6. The van der Waals surface area contributed by atoms with Crippen LogP contribution in [0.25, 0.3) is 11.1 Å². The number of hydrogen-bond acceptors (Lipinski definition) is 6. The summed E-state index contributed by atoms with van der Waals surface area (Å²) in [5.41, 5.74) is 4.65. The Labute approximate surface area is 195 Å². The molecule has 2 amide bonds. The maximum Gasteiger partial charge on any atom is 0.407 e. The predicted octanol–water partition coefficient (Wildman–Crippen LogP) is 3.47. The molecule has 0 saturated carbocycles. The molecule has 3 N–H and O–H groups in total. The number of aromatic nitrogens is 1. The minimum atomic E-state index is -1.24. The van der Waals surface area contributed by atoms with E-state index in [0.29, 0.717) is 5.57 Å². The number of aromatic carboxylic acids is 1. The minimum absolute atomic E-state index is 0.0343. The van der Waals surface area contributed by atoms with Gasteiger partial charge < -0.3 is 24.9 Å². The maximum absolute atomic E-state index is 12.2. The number of hydrogen-bond donors (Lipinski definition) is 3. The van der Waals surface area contributed by atoms with Crippen molar-refractivity contribution in [3.05, 3.63) is 89.2 Å². The molecule has 0 atom stereocenters. The van der Waals surface area contributed by atoms with Crippen LogP contribution in [0.4, 0.5) is 4.79 Å². The molecular weight excluding hydrogens is 438 g/mol. The van der Waals surface area contributed by atoms with E-state index in [2.05, 4.69) is 27.8 Å². The average molecular weight is 461 g/mol. The lowest BCUT2D eigenvalue weighted by molar-refractivity contribution is -0.117. The van der Waals surface area contributed by atoms with Crippen molar-refractivity contribution in [2.24, 2.45) is 0 Å². The first-order valence-corrected chi connectivity index (χ1v) is 10.6. The molecule has 1 aliphatic rings. The Kier molecular flexibility index (Phi) is 6.72. The molecule has 1 aliphatic carbocycles. The van der Waals surface area contributed by atoms with Gasteiger partial charge in [0.1, 0.15) is 6.61 Å². The first kappa shape index (κ1) is 22.8. The molecule has 9 nitrogen and oxygen atoms in total. The number of nitrogens with zero attached hydrogens (tertiary/aromatic N) is 1. The monoisotopic (exact) mass is 461 g/mol. The van der Waals surface area contributed by atoms with Crippen molar-refractivity contribution in [1.82, 2.24) is 15.6 Å². The summed E-state index contributed by atoms with van der Waals surface area (Å²) in [4.78, 5) is 39.0. The molecule has 2 aromatic carbocycles. The van der Waals surface area contributed by atoms with Crippen molar-refractivity contribution in [2.45, 2.75) is 19.4 Å². The number of fused-ring (bicyclic) bond motifs is 3. The molecule has 0 bridgehead atoms. The van der Waals surface area contributed by atoms with Gasteiger partial charge in [-0.1, -0.05) is 54.6 Å². The van der Waals surface area contributed by atoms with E-state index in [-0.39, 0.29) is 37.1 Å². The van der Waals surface area contributed by atoms with Crippen LogP contribution in [0.1, 0.15) is 40.2 Å². The van der Waals surface area contributed by atoms with E-state index in [1.807, 2.05) is 36.4 Å². The molecule has 0 fully saturated rings. The van der Waals surface area contributed by atoms with Gasteiger partial charge in [-0.25, -0.2) is 14.6 Å². The Morgan fingerprint density at radius 3 is 2.35 bits per heavy atom. The zero-order valence-corrected chi connectivity index (χ0v) is 18.4. The molecule has 174 valence electrons. The van der Waals surface area contributed by atoms with Crippen LogP contribution >= 0.6 is 0 Å². The van der Waals surface area contributed by atoms with Gasteiger partial charge in [-0.15, -0.1) is 0 Å². The number of carbonyl (C=O) groups is 3. The molecule has 1 heterocycles. The minimum Gasteiger partial charge on any atom is -0.476 e. The standard InChI is InChI=1S/C25H23N3O6/c1-15(23(29)27-12-21-22(24(30)31)28-14-34-21)10-11-26-25(32)33-13-20-18-8-4-2-6-16(18)17-7-3-5-9-19(17)20/h2-10,14,20H,11-13H2,1H3,(H,26,32)(H,27,29)(H,30,31)/b15-10+. The molecule has 34 heavy (non-hydrogen) atoms. The number of amides is 2. The van der Waals surface area contributed by atoms with Crippen molar-refractivity contribution in [1.29, 1.82) is 0 Å². The van der Waals surface area contributed by atoms with Crippen LogP contribution in [0.15, 0.2) is 71.0 Å². The lowest BCUT2D eigenvalue weighted by Crippen LogP contribution is -2.28. The van der Waals surface area contributed by atoms with Crippen molar-refractivity contribution in [3.8, 4) is 11.1 Å². The topological polar surface area (TPSA) is 131 Å². The molecule has 0 spiro atoms. The fourth-order valence-electron chi connectivity index (χ4n) is 3.90. The average Bonchev–Trinajstić information content (AvgIpc) is 3.44. The zero-order chi connectivity index (χ0) is 24.1. The Hall–Kier alpha value is -4.40. The largest absolute Gasteiger partial charge is 0.476 e. The van der Waals surface area contributed by atoms with E-state index in [9.17, 15) is 14.4 Å². The summed E-state index contributed by atoms with van der Waals surface area (Å²) in [6, 6.07) is 16.2. The summed E-state index contributed by atoms with van der Waals surface area (Å²) in [6.07, 6.45) is 1.96. The van der Waals surface area contributed by atoms with Gasteiger partial charge in [0.15, 0.2) is 17.8 Å². The first-order chi connectivity index (χ1) is 16.5. The SMILES string of the molecule is C/C(=C\CNC(=O)OCC1c2ccccc2-c2ccccc21)C(=O)NCc1ocnc1C(=O)O. The van der Waals surface area contributed by atoms with Gasteiger partial charge in [0.05, 0.1) is 6.54 Å². The number of carbonyl (C=O) groups excluding carboxylic acids is 2. The fraction of sp³-hybridized carbons (Fsp3) is 0.200. The molecular formula is C25H23N3O6.